The highest BCUT2D eigenvalue weighted by Crippen LogP contribution is 2.08. The molecule has 0 radical (unpaired) electrons. The lowest BCUT2D eigenvalue weighted by Crippen LogP contribution is -2.26. The lowest BCUT2D eigenvalue weighted by Gasteiger charge is -2.08. The number of alkyl carbamates (subject to hydrolysis) is 1. The molecular weight excluding hydrogens is 272 g/mol. The lowest BCUT2D eigenvalue weighted by atomic mass is 10.6. The molecule has 0 aliphatic carbocycles. The van der Waals surface area contributed by atoms with Crippen LogP contribution in [0, 0.1) is 0 Å². The number of carbonyl (C=O) groups is 1. The molecule has 0 spiro atoms. The maximum atomic E-state index is 11.0. The van der Waals surface area contributed by atoms with Crippen molar-refractivity contribution in [1.29, 1.82) is 0 Å². The third kappa shape index (κ3) is 6.05. The highest BCUT2D eigenvalue weighted by atomic mass is 35.5. The molecule has 0 aliphatic rings. The van der Waals surface area contributed by atoms with Gasteiger partial charge in [-0.25, -0.2) is 4.79 Å². The summed E-state index contributed by atoms with van der Waals surface area (Å²) in [6.45, 7) is 5.52. The van der Waals surface area contributed by atoms with Gasteiger partial charge in [-0.05, 0) is 25.4 Å². The van der Waals surface area contributed by atoms with Gasteiger partial charge in [-0.3, -0.25) is 0 Å². The fourth-order valence-corrected chi connectivity index (χ4v) is 1.33. The first-order valence-electron chi connectivity index (χ1n) is 5.95. The molecule has 1 amide bonds. The van der Waals surface area contributed by atoms with Crippen LogP contribution in [-0.2, 0) is 4.74 Å². The van der Waals surface area contributed by atoms with E-state index in [1.807, 2.05) is 13.8 Å². The third-order valence-corrected chi connectivity index (χ3v) is 2.05. The highest BCUT2D eigenvalue weighted by molar-refractivity contribution is 6.28. The van der Waals surface area contributed by atoms with E-state index >= 15 is 0 Å². The number of ether oxygens (including phenoxy) is 1. The molecule has 1 rings (SSSR count). The second-order valence-electron chi connectivity index (χ2n) is 3.38. The predicted molar refractivity (Wildman–Crippen MR) is 72.5 cm³/mol. The first-order valence-corrected chi connectivity index (χ1v) is 6.33. The minimum Gasteiger partial charge on any atom is -0.448 e. The van der Waals surface area contributed by atoms with E-state index in [4.69, 9.17) is 16.3 Å². The fourth-order valence-electron chi connectivity index (χ4n) is 1.17. The minimum absolute atomic E-state index is 0.0955. The van der Waals surface area contributed by atoms with Gasteiger partial charge in [0, 0.05) is 13.1 Å². The average molecular weight is 289 g/mol. The van der Waals surface area contributed by atoms with Crippen molar-refractivity contribution in [2.24, 2.45) is 0 Å². The Morgan fingerprint density at radius 1 is 1.16 bits per heavy atom. The zero-order valence-corrected chi connectivity index (χ0v) is 11.6. The molecule has 8 nitrogen and oxygen atoms in total. The monoisotopic (exact) mass is 288 g/mol. The Morgan fingerprint density at radius 3 is 2.47 bits per heavy atom. The molecule has 1 heterocycles. The predicted octanol–water partition coefficient (Wildman–Crippen LogP) is 1.11. The molecule has 0 aliphatic heterocycles. The van der Waals surface area contributed by atoms with Crippen LogP contribution >= 0.6 is 11.6 Å². The largest absolute Gasteiger partial charge is 0.448 e. The second-order valence-corrected chi connectivity index (χ2v) is 3.71. The summed E-state index contributed by atoms with van der Waals surface area (Å²) in [7, 11) is 0. The Kier molecular flexibility index (Phi) is 6.65. The van der Waals surface area contributed by atoms with E-state index < -0.39 is 6.09 Å². The van der Waals surface area contributed by atoms with Gasteiger partial charge < -0.3 is 20.7 Å². The van der Waals surface area contributed by atoms with Crippen molar-refractivity contribution < 1.29 is 9.53 Å². The van der Waals surface area contributed by atoms with Crippen molar-refractivity contribution in [3.8, 4) is 0 Å². The first-order chi connectivity index (χ1) is 9.15. The molecule has 3 N–H and O–H groups in total. The molecule has 0 bridgehead atoms. The molecule has 106 valence electrons. The number of halogens is 1. The van der Waals surface area contributed by atoms with E-state index in [0.717, 1.165) is 0 Å². The van der Waals surface area contributed by atoms with Crippen LogP contribution in [0.15, 0.2) is 0 Å². The molecule has 1 aromatic heterocycles. The summed E-state index contributed by atoms with van der Waals surface area (Å²) in [5.41, 5.74) is 0. The fraction of sp³-hybridized carbons (Fsp3) is 0.600. The van der Waals surface area contributed by atoms with Gasteiger partial charge in [-0.1, -0.05) is 0 Å². The van der Waals surface area contributed by atoms with Crippen LogP contribution in [0.5, 0.6) is 0 Å². The van der Waals surface area contributed by atoms with Gasteiger partial charge in [0.2, 0.25) is 17.2 Å². The molecule has 1 aromatic rings. The molecule has 19 heavy (non-hydrogen) atoms. The molecule has 0 fully saturated rings. The smallest absolute Gasteiger partial charge is 0.407 e. The Morgan fingerprint density at radius 2 is 1.84 bits per heavy atom. The van der Waals surface area contributed by atoms with Gasteiger partial charge in [-0.15, -0.1) is 0 Å². The molecule has 0 saturated heterocycles. The van der Waals surface area contributed by atoms with Crippen LogP contribution in [0.2, 0.25) is 5.28 Å². The van der Waals surface area contributed by atoms with E-state index in [-0.39, 0.29) is 11.9 Å². The maximum Gasteiger partial charge on any atom is 0.407 e. The Labute approximate surface area is 116 Å². The summed E-state index contributed by atoms with van der Waals surface area (Å²) in [5.74, 6) is 0.727. The van der Waals surface area contributed by atoms with Crippen LogP contribution in [0.4, 0.5) is 16.7 Å². The molecule has 9 heteroatoms. The number of carbonyl (C=O) groups excluding carboxylic acids is 1. The number of hydrogen-bond acceptors (Lipinski definition) is 7. The summed E-state index contributed by atoms with van der Waals surface area (Å²) in [6.07, 6.45) is -0.452. The second kappa shape index (κ2) is 8.30. The number of nitrogens with one attached hydrogen (secondary N) is 3. The van der Waals surface area contributed by atoms with Crippen LogP contribution < -0.4 is 16.0 Å². The van der Waals surface area contributed by atoms with Crippen LogP contribution in [0.25, 0.3) is 0 Å². The lowest BCUT2D eigenvalue weighted by molar-refractivity contribution is 0.151. The zero-order valence-electron chi connectivity index (χ0n) is 10.9. The van der Waals surface area contributed by atoms with Crippen molar-refractivity contribution >= 4 is 29.6 Å². The number of amides is 1. The number of anilines is 2. The highest BCUT2D eigenvalue weighted by Gasteiger charge is 2.04. The number of rotatable bonds is 7. The Bertz CT molecular complexity index is 417. The van der Waals surface area contributed by atoms with E-state index in [0.29, 0.717) is 31.5 Å². The minimum atomic E-state index is -0.452. The maximum absolute atomic E-state index is 11.0. The summed E-state index contributed by atoms with van der Waals surface area (Å²) < 4.78 is 4.88. The summed E-state index contributed by atoms with van der Waals surface area (Å²) >= 11 is 5.75. The molecule has 0 saturated carbocycles. The Balaban J connectivity index is 2.38. The SMILES string of the molecule is CCNC(=O)OCCNc1nc(Cl)nc(NCC)n1. The molecule has 0 aromatic carbocycles. The zero-order chi connectivity index (χ0) is 14.1. The van der Waals surface area contributed by atoms with Crippen molar-refractivity contribution in [3.63, 3.8) is 0 Å². The molecule has 0 atom stereocenters. The van der Waals surface area contributed by atoms with Gasteiger partial charge in [0.1, 0.15) is 6.61 Å². The van der Waals surface area contributed by atoms with Gasteiger partial charge in [0.15, 0.2) is 0 Å². The van der Waals surface area contributed by atoms with E-state index in [2.05, 4.69) is 30.9 Å². The standard InChI is InChI=1S/C10H17ClN6O2/c1-3-12-8-15-7(11)16-9(17-8)14-5-6-19-10(18)13-4-2/h3-6H2,1-2H3,(H,13,18)(H2,12,14,15,16,17). The van der Waals surface area contributed by atoms with Gasteiger partial charge in [0.25, 0.3) is 0 Å². The molecular formula is C10H17ClN6O2. The average Bonchev–Trinajstić information content (AvgIpc) is 2.35. The first kappa shape index (κ1) is 15.2. The Hall–Kier alpha value is -1.83. The summed E-state index contributed by atoms with van der Waals surface area (Å²) in [6, 6.07) is 0. The van der Waals surface area contributed by atoms with Gasteiger partial charge in [0.05, 0.1) is 6.54 Å². The van der Waals surface area contributed by atoms with Crippen molar-refractivity contribution in [3.05, 3.63) is 5.28 Å². The van der Waals surface area contributed by atoms with Crippen LogP contribution in [0.1, 0.15) is 13.8 Å². The summed E-state index contributed by atoms with van der Waals surface area (Å²) in [5, 5.41) is 8.44. The van der Waals surface area contributed by atoms with E-state index in [1.165, 1.54) is 0 Å². The van der Waals surface area contributed by atoms with Gasteiger partial charge in [-0.2, -0.15) is 15.0 Å². The molecule has 0 unspecified atom stereocenters. The normalized spacial score (nSPS) is 9.84. The van der Waals surface area contributed by atoms with Crippen LogP contribution in [0.3, 0.4) is 0 Å². The van der Waals surface area contributed by atoms with Crippen molar-refractivity contribution in [2.45, 2.75) is 13.8 Å². The van der Waals surface area contributed by atoms with E-state index in [9.17, 15) is 4.79 Å². The number of aromatic nitrogens is 3. The third-order valence-electron chi connectivity index (χ3n) is 1.88. The van der Waals surface area contributed by atoms with Gasteiger partial charge >= 0.3 is 6.09 Å². The quantitative estimate of drug-likeness (QED) is 0.646. The van der Waals surface area contributed by atoms with Crippen molar-refractivity contribution in [1.82, 2.24) is 20.3 Å². The topological polar surface area (TPSA) is 101 Å². The van der Waals surface area contributed by atoms with Crippen molar-refractivity contribution in [2.75, 3.05) is 36.9 Å². The summed E-state index contributed by atoms with van der Waals surface area (Å²) in [4.78, 5) is 22.9. The van der Waals surface area contributed by atoms with Crippen LogP contribution in [-0.4, -0.2) is 47.3 Å². The number of nitrogens with zero attached hydrogens (tertiary/aromatic N) is 3. The number of hydrogen-bond donors (Lipinski definition) is 3. The van der Waals surface area contributed by atoms with E-state index in [1.54, 1.807) is 0 Å².